The Morgan fingerprint density at radius 2 is 1.64 bits per heavy atom. The van der Waals surface area contributed by atoms with Crippen molar-refractivity contribution >= 4 is 123 Å². The molecule has 0 aliphatic carbocycles. The number of piperidine rings is 1. The summed E-state index contributed by atoms with van der Waals surface area (Å²) in [6.45, 7) is 1.39. The molecule has 5 aromatic rings. The van der Waals surface area contributed by atoms with Gasteiger partial charge in [0.05, 0.1) is 46.1 Å². The zero-order chi connectivity index (χ0) is 57.3. The molecule has 2 atom stereocenters. The number of fused-ring (bicyclic) bond motifs is 3. The molecule has 0 saturated carbocycles. The Labute approximate surface area is 461 Å². The van der Waals surface area contributed by atoms with Crippen molar-refractivity contribution in [2.75, 3.05) is 61.1 Å². The molecule has 16 N–H and O–H groups in total. The van der Waals surface area contributed by atoms with Gasteiger partial charge in [-0.2, -0.15) is 9.97 Å². The molecule has 5 heterocycles. The standard InChI is InChI=1S/C20H22N8O5.C13H16N2O2.C10H7Cl2N3O.C5H15N2O3PS/c1-28(9-11-8-23-17-15(24-11)16(21)26-20(22)27-17)12-4-2-10(3-5-12)18(31)25-13(19(32)33)6-7-14(29)30;1-2-13(8-7-11(16)15-12(13)17)9-3-5-10(14)6-4-9;11-6-1-2-7-5(9(6)12)3-15-4-8(16)14-10(15)13-7;6-2-1-3-7-4-5-12-11(8,9)10/h2-5,8,13H,6-7,9H2,1H3,(H,25,31)(H,29,30)(H,32,33)(H4,21,22,23,26,27);3-6H,2,7-8,14H2,1H3,(H,15,16,17);1-2H,3-4H2,(H,13,14,16);7H,1-6H2,(H2,8,9,10)/t13-;;;/m0.../s1. The summed E-state index contributed by atoms with van der Waals surface area (Å²) in [5.41, 5.74) is 27.2. The lowest BCUT2D eigenvalue weighted by atomic mass is 9.72. The Bertz CT molecular complexity index is 3070. The number of nitrogens with two attached hydrogens (primary N) is 4. The molecule has 8 rings (SSSR count). The van der Waals surface area contributed by atoms with Gasteiger partial charge in [-0.05, 0) is 104 Å². The van der Waals surface area contributed by atoms with Crippen LogP contribution in [0.2, 0.25) is 10.0 Å². The molecule has 418 valence electrons. The number of carboxylic acids is 2. The molecule has 4 amide bonds. The average molecular weight is 1160 g/mol. The Kier molecular flexibility index (Phi) is 22.4. The third kappa shape index (κ3) is 17.7. The number of benzene rings is 3. The van der Waals surface area contributed by atoms with Crippen LogP contribution in [0.3, 0.4) is 0 Å². The van der Waals surface area contributed by atoms with E-state index in [9.17, 15) is 38.4 Å². The van der Waals surface area contributed by atoms with Gasteiger partial charge in [0.15, 0.2) is 17.0 Å². The van der Waals surface area contributed by atoms with Gasteiger partial charge in [-0.1, -0.05) is 42.3 Å². The van der Waals surface area contributed by atoms with Crippen molar-refractivity contribution in [3.8, 4) is 0 Å². The molecule has 0 spiro atoms. The summed E-state index contributed by atoms with van der Waals surface area (Å²) in [6, 6.07) is 16.0. The summed E-state index contributed by atoms with van der Waals surface area (Å²) in [5.74, 6) is -2.32. The number of carbonyl (C=O) groups excluding carboxylic acids is 4. The molecule has 3 aromatic carbocycles. The number of aliphatic carboxylic acids is 2. The van der Waals surface area contributed by atoms with Gasteiger partial charge in [-0.25, -0.2) is 24.3 Å². The third-order valence-corrected chi connectivity index (χ3v) is 15.1. The molecule has 26 nitrogen and oxygen atoms in total. The van der Waals surface area contributed by atoms with Crippen LogP contribution in [0.4, 0.5) is 28.8 Å². The lowest BCUT2D eigenvalue weighted by Crippen LogP contribution is -2.51. The fourth-order valence-electron chi connectivity index (χ4n) is 7.85. The van der Waals surface area contributed by atoms with Crippen molar-refractivity contribution in [3.05, 3.63) is 99.3 Å². The average Bonchev–Trinajstić information content (AvgIpc) is 3.80. The predicted molar refractivity (Wildman–Crippen MR) is 297 cm³/mol. The zero-order valence-electron chi connectivity index (χ0n) is 42.3. The molecule has 0 radical (unpaired) electrons. The largest absolute Gasteiger partial charge is 0.481 e. The highest BCUT2D eigenvalue weighted by Crippen LogP contribution is 2.49. The minimum Gasteiger partial charge on any atom is -0.481 e. The van der Waals surface area contributed by atoms with Crippen LogP contribution >= 0.6 is 41.4 Å². The number of guanidine groups is 1. The molecule has 3 aliphatic heterocycles. The van der Waals surface area contributed by atoms with E-state index in [1.165, 1.54) is 12.1 Å². The number of aromatic nitrogens is 4. The topological polar surface area (TPSA) is 423 Å². The van der Waals surface area contributed by atoms with E-state index in [1.807, 2.05) is 35.9 Å². The van der Waals surface area contributed by atoms with Crippen molar-refractivity contribution in [1.29, 1.82) is 0 Å². The van der Waals surface area contributed by atoms with Crippen LogP contribution < -0.4 is 49.1 Å². The molecule has 2 aromatic heterocycles. The van der Waals surface area contributed by atoms with Crippen molar-refractivity contribution in [2.45, 2.75) is 70.0 Å². The van der Waals surface area contributed by atoms with Gasteiger partial charge in [0.1, 0.15) is 12.6 Å². The van der Waals surface area contributed by atoms with Crippen LogP contribution in [0.15, 0.2) is 71.9 Å². The minimum atomic E-state index is -3.87. The fraction of sp³-hybridized carbons (Fsp3) is 0.354. The van der Waals surface area contributed by atoms with Gasteiger partial charge in [-0.15, -0.1) is 0 Å². The van der Waals surface area contributed by atoms with Gasteiger partial charge in [0.2, 0.25) is 29.6 Å². The van der Waals surface area contributed by atoms with Crippen LogP contribution in [0.5, 0.6) is 0 Å². The number of nitrogens with zero attached hydrogens (tertiary/aromatic N) is 7. The van der Waals surface area contributed by atoms with Gasteiger partial charge in [0, 0.05) is 54.7 Å². The van der Waals surface area contributed by atoms with E-state index in [4.69, 9.17) is 61.0 Å². The lowest BCUT2D eigenvalue weighted by molar-refractivity contribution is -0.141. The highest BCUT2D eigenvalue weighted by Gasteiger charge is 2.42. The van der Waals surface area contributed by atoms with E-state index in [2.05, 4.69) is 46.2 Å². The van der Waals surface area contributed by atoms with Crippen LogP contribution in [0.1, 0.15) is 72.6 Å². The summed E-state index contributed by atoms with van der Waals surface area (Å²) < 4.78 is 10.3. The highest BCUT2D eigenvalue weighted by molar-refractivity contribution is 8.54. The van der Waals surface area contributed by atoms with Gasteiger partial charge >= 0.3 is 18.7 Å². The number of aliphatic imine (C=N–C) groups is 1. The quantitative estimate of drug-likeness (QED) is 0.0259. The number of anilines is 4. The summed E-state index contributed by atoms with van der Waals surface area (Å²) in [4.78, 5) is 110. The molecule has 0 bridgehead atoms. The van der Waals surface area contributed by atoms with E-state index in [0.717, 1.165) is 35.5 Å². The zero-order valence-corrected chi connectivity index (χ0v) is 45.5. The number of hydrogen-bond donors (Lipinski definition) is 12. The number of nitrogen functional groups attached to an aromatic ring is 3. The van der Waals surface area contributed by atoms with Crippen molar-refractivity contribution in [3.63, 3.8) is 0 Å². The molecule has 78 heavy (non-hydrogen) atoms. The first-order valence-electron chi connectivity index (χ1n) is 24.0. The Balaban J connectivity index is 0.000000209. The monoisotopic (exact) mass is 1160 g/mol. The second-order valence-electron chi connectivity index (χ2n) is 17.5. The second kappa shape index (κ2) is 28.4. The molecule has 1 unspecified atom stereocenters. The SMILES string of the molecule is CCC1(c2ccc(N)cc2)CCC(=O)NC1=O.CN(Cc1cnc2nc(N)nc(N)c2n1)c1ccc(C(=O)N[C@@H](CCC(=O)O)C(=O)O)cc1.NCCCNCCSP(=O)(O)O.O=C1CN2Cc3c(ccc(Cl)c3Cl)N=C2N1. The molecule has 3 aliphatic rings. The molecule has 2 fully saturated rings. The van der Waals surface area contributed by atoms with Gasteiger partial charge in [-0.3, -0.25) is 34.6 Å². The van der Waals surface area contributed by atoms with Crippen molar-refractivity contribution in [2.24, 2.45) is 10.7 Å². The summed E-state index contributed by atoms with van der Waals surface area (Å²) >= 11 is 12.7. The molecule has 2 saturated heterocycles. The van der Waals surface area contributed by atoms with E-state index < -0.39 is 36.1 Å². The summed E-state index contributed by atoms with van der Waals surface area (Å²) in [6.07, 6.45) is 3.49. The first-order chi connectivity index (χ1) is 36.9. The maximum atomic E-state index is 12.4. The van der Waals surface area contributed by atoms with Gasteiger partial charge < -0.3 is 63.4 Å². The number of nitrogens with one attached hydrogen (secondary N) is 4. The minimum absolute atomic E-state index is 0.0138. The normalized spacial score (nSPS) is 15.8. The van der Waals surface area contributed by atoms with Crippen LogP contribution in [0.25, 0.3) is 11.2 Å². The molecular weight excluding hydrogens is 1100 g/mol. The Morgan fingerprint density at radius 1 is 0.936 bits per heavy atom. The fourth-order valence-corrected chi connectivity index (χ4v) is 9.71. The number of imide groups is 1. The van der Waals surface area contributed by atoms with E-state index in [0.29, 0.717) is 108 Å². The Morgan fingerprint density at radius 3 is 2.27 bits per heavy atom. The van der Waals surface area contributed by atoms with Crippen LogP contribution in [0, 0.1) is 0 Å². The predicted octanol–water partition coefficient (Wildman–Crippen LogP) is 3.30. The number of hydrogen-bond acceptors (Lipinski definition) is 20. The summed E-state index contributed by atoms with van der Waals surface area (Å²) in [5, 5.41) is 29.4. The van der Waals surface area contributed by atoms with E-state index in [-0.39, 0.29) is 47.9 Å². The maximum absolute atomic E-state index is 12.4. The summed E-state index contributed by atoms with van der Waals surface area (Å²) in [7, 11) is 1.82. The molecule has 30 heteroatoms. The number of rotatable bonds is 18. The van der Waals surface area contributed by atoms with Crippen LogP contribution in [-0.2, 0) is 47.0 Å². The van der Waals surface area contributed by atoms with Gasteiger partial charge in [0.25, 0.3) is 5.91 Å². The highest BCUT2D eigenvalue weighted by atomic mass is 35.5. The van der Waals surface area contributed by atoms with Crippen molar-refractivity contribution in [1.82, 2.24) is 46.1 Å². The third-order valence-electron chi connectivity index (χ3n) is 12.0. The second-order valence-corrected chi connectivity index (χ2v) is 22.2. The Hall–Kier alpha value is -7.23. The maximum Gasteiger partial charge on any atom is 0.384 e. The number of amides is 4. The lowest BCUT2D eigenvalue weighted by Gasteiger charge is -2.34. The first-order valence-corrected chi connectivity index (χ1v) is 27.9. The number of halogens is 2. The van der Waals surface area contributed by atoms with Crippen molar-refractivity contribution < 1.29 is 53.3 Å². The van der Waals surface area contributed by atoms with E-state index >= 15 is 0 Å². The first kappa shape index (κ1) is 61.6. The number of carbonyl (C=O) groups is 6. The van der Waals surface area contributed by atoms with Crippen LogP contribution in [-0.4, -0.2) is 131 Å². The van der Waals surface area contributed by atoms with E-state index in [1.54, 1.807) is 42.6 Å². The number of carboxylic acid groups (broad SMARTS) is 2. The smallest absolute Gasteiger partial charge is 0.384 e. The molecular formula is C48H60Cl2N15O11PS.